The number of hydrogen-bond acceptors (Lipinski definition) is 6. The Labute approximate surface area is 112 Å². The number of pyridine rings is 1. The molecule has 0 aromatic carbocycles. The largest absolute Gasteiger partial charge is 0.481 e. The predicted molar refractivity (Wildman–Crippen MR) is 65.3 cm³/mol. The molecule has 2 atom stereocenters. The third kappa shape index (κ3) is 2.91. The third-order valence-corrected chi connectivity index (χ3v) is 3.05. The van der Waals surface area contributed by atoms with Crippen molar-refractivity contribution in [3.8, 4) is 0 Å². The molecule has 2 unspecified atom stereocenters. The van der Waals surface area contributed by atoms with E-state index in [0.29, 0.717) is 0 Å². The molecule has 1 fully saturated rings. The van der Waals surface area contributed by atoms with Gasteiger partial charge >= 0.3 is 5.97 Å². The smallest absolute Gasteiger partial charge is 0.311 e. The molecule has 2 heterocycles. The van der Waals surface area contributed by atoms with E-state index in [2.05, 4.69) is 10.3 Å². The fourth-order valence-electron chi connectivity index (χ4n) is 1.75. The summed E-state index contributed by atoms with van der Waals surface area (Å²) in [6.07, 6.45) is 1.06. The molecule has 1 aliphatic heterocycles. The summed E-state index contributed by atoms with van der Waals surface area (Å²) in [5, 5.41) is 22.4. The molecule has 0 radical (unpaired) electrons. The van der Waals surface area contributed by atoms with E-state index in [1.807, 2.05) is 0 Å². The van der Waals surface area contributed by atoms with Gasteiger partial charge in [-0.15, -0.1) is 0 Å². The number of rotatable bonds is 4. The van der Waals surface area contributed by atoms with Crippen molar-refractivity contribution in [3.63, 3.8) is 0 Å². The van der Waals surface area contributed by atoms with Crippen molar-refractivity contribution in [2.45, 2.75) is 6.04 Å². The molecule has 0 bridgehead atoms. The highest BCUT2D eigenvalue weighted by Crippen LogP contribution is 2.26. The van der Waals surface area contributed by atoms with Gasteiger partial charge in [0.05, 0.1) is 29.2 Å². The lowest BCUT2D eigenvalue weighted by atomic mass is 10.0. The summed E-state index contributed by atoms with van der Waals surface area (Å²) in [5.41, 5.74) is -0.229. The van der Waals surface area contributed by atoms with Gasteiger partial charge in [0.1, 0.15) is 17.9 Å². The van der Waals surface area contributed by atoms with Crippen LogP contribution in [0.15, 0.2) is 12.3 Å². The van der Waals surface area contributed by atoms with Crippen molar-refractivity contribution in [2.24, 2.45) is 5.92 Å². The molecule has 1 aliphatic rings. The second kappa shape index (κ2) is 5.37. The SMILES string of the molecule is O=C(O)C1COCC1Nc1ncc([N+](=O)[O-])cc1Cl. The highest BCUT2D eigenvalue weighted by molar-refractivity contribution is 6.33. The number of carboxylic acids is 1. The molecule has 2 rings (SSSR count). The number of ether oxygens (including phenoxy) is 1. The number of nitrogens with zero attached hydrogens (tertiary/aromatic N) is 2. The van der Waals surface area contributed by atoms with Crippen LogP contribution in [0, 0.1) is 16.0 Å². The van der Waals surface area contributed by atoms with Crippen LogP contribution in [0.3, 0.4) is 0 Å². The zero-order valence-electron chi connectivity index (χ0n) is 9.58. The number of hydrogen-bond donors (Lipinski definition) is 2. The molecule has 1 aromatic heterocycles. The predicted octanol–water partition coefficient (Wildman–Crippen LogP) is 1.15. The number of carbonyl (C=O) groups is 1. The Morgan fingerprint density at radius 3 is 2.95 bits per heavy atom. The van der Waals surface area contributed by atoms with Gasteiger partial charge in [-0.05, 0) is 0 Å². The molecule has 0 amide bonds. The van der Waals surface area contributed by atoms with E-state index in [1.54, 1.807) is 0 Å². The Bertz CT molecular complexity index is 524. The second-order valence-corrected chi connectivity index (χ2v) is 4.42. The number of nitrogens with one attached hydrogen (secondary N) is 1. The van der Waals surface area contributed by atoms with Crippen molar-refractivity contribution in [1.82, 2.24) is 4.98 Å². The van der Waals surface area contributed by atoms with Crippen LogP contribution in [-0.2, 0) is 9.53 Å². The van der Waals surface area contributed by atoms with Gasteiger partial charge in [0.25, 0.3) is 5.69 Å². The summed E-state index contributed by atoms with van der Waals surface area (Å²) in [5.74, 6) is -1.48. The first kappa shape index (κ1) is 13.5. The lowest BCUT2D eigenvalue weighted by Gasteiger charge is -2.16. The first-order valence-corrected chi connectivity index (χ1v) is 5.74. The molecule has 2 N–H and O–H groups in total. The van der Waals surface area contributed by atoms with E-state index in [-0.39, 0.29) is 29.7 Å². The highest BCUT2D eigenvalue weighted by Gasteiger charge is 2.34. The minimum atomic E-state index is -0.979. The van der Waals surface area contributed by atoms with Crippen molar-refractivity contribution < 1.29 is 19.6 Å². The average Bonchev–Trinajstić information content (AvgIpc) is 2.79. The molecule has 0 spiro atoms. The number of halogens is 1. The minimum Gasteiger partial charge on any atom is -0.481 e. The molecule has 1 aromatic rings. The number of aliphatic carboxylic acids is 1. The molecule has 0 aliphatic carbocycles. The first-order chi connectivity index (χ1) is 8.99. The van der Waals surface area contributed by atoms with E-state index in [0.717, 1.165) is 12.3 Å². The zero-order chi connectivity index (χ0) is 14.0. The maximum atomic E-state index is 11.0. The standard InChI is InChI=1S/C10H10ClN3O5/c11-7-1-5(14(17)18)2-12-9(7)13-8-4-19-3-6(8)10(15)16/h1-2,6,8H,3-4H2,(H,12,13)(H,15,16). The lowest BCUT2D eigenvalue weighted by Crippen LogP contribution is -2.33. The number of carboxylic acid groups (broad SMARTS) is 1. The Morgan fingerprint density at radius 1 is 1.63 bits per heavy atom. The van der Waals surface area contributed by atoms with E-state index in [4.69, 9.17) is 21.4 Å². The van der Waals surface area contributed by atoms with Gasteiger partial charge in [0, 0.05) is 6.07 Å². The Hall–Kier alpha value is -1.93. The number of anilines is 1. The lowest BCUT2D eigenvalue weighted by molar-refractivity contribution is -0.385. The summed E-state index contributed by atoms with van der Waals surface area (Å²) in [7, 11) is 0. The minimum absolute atomic E-state index is 0.0604. The van der Waals surface area contributed by atoms with Crippen LogP contribution in [0.1, 0.15) is 0 Å². The zero-order valence-corrected chi connectivity index (χ0v) is 10.3. The Kier molecular flexibility index (Phi) is 3.82. The molecule has 1 saturated heterocycles. The average molecular weight is 288 g/mol. The summed E-state index contributed by atoms with van der Waals surface area (Å²) >= 11 is 5.86. The van der Waals surface area contributed by atoms with E-state index >= 15 is 0 Å². The maximum absolute atomic E-state index is 11.0. The van der Waals surface area contributed by atoms with Crippen LogP contribution in [0.4, 0.5) is 11.5 Å². The van der Waals surface area contributed by atoms with Crippen LogP contribution in [0.25, 0.3) is 0 Å². The first-order valence-electron chi connectivity index (χ1n) is 5.36. The van der Waals surface area contributed by atoms with Gasteiger partial charge in [0.2, 0.25) is 0 Å². The summed E-state index contributed by atoms with van der Waals surface area (Å²) < 4.78 is 5.08. The van der Waals surface area contributed by atoms with Crippen LogP contribution in [0.2, 0.25) is 5.02 Å². The van der Waals surface area contributed by atoms with Gasteiger partial charge in [0.15, 0.2) is 0 Å². The topological polar surface area (TPSA) is 115 Å². The van der Waals surface area contributed by atoms with E-state index in [1.165, 1.54) is 0 Å². The van der Waals surface area contributed by atoms with Crippen molar-refractivity contribution in [1.29, 1.82) is 0 Å². The van der Waals surface area contributed by atoms with Crippen molar-refractivity contribution in [3.05, 3.63) is 27.4 Å². The van der Waals surface area contributed by atoms with Gasteiger partial charge in [-0.2, -0.15) is 0 Å². The molecule has 8 nitrogen and oxygen atoms in total. The van der Waals surface area contributed by atoms with E-state index in [9.17, 15) is 14.9 Å². The van der Waals surface area contributed by atoms with E-state index < -0.39 is 22.9 Å². The van der Waals surface area contributed by atoms with Gasteiger partial charge in [-0.25, -0.2) is 4.98 Å². The monoisotopic (exact) mass is 287 g/mol. The molecule has 9 heteroatoms. The van der Waals surface area contributed by atoms with Crippen molar-refractivity contribution >= 4 is 29.1 Å². The third-order valence-electron chi connectivity index (χ3n) is 2.76. The van der Waals surface area contributed by atoms with Crippen LogP contribution in [0.5, 0.6) is 0 Å². The maximum Gasteiger partial charge on any atom is 0.311 e. The molecule has 19 heavy (non-hydrogen) atoms. The Morgan fingerprint density at radius 2 is 2.37 bits per heavy atom. The fraction of sp³-hybridized carbons (Fsp3) is 0.400. The van der Waals surface area contributed by atoms with Gasteiger partial charge < -0.3 is 15.2 Å². The molecular formula is C10H10ClN3O5. The normalized spacial score (nSPS) is 22.2. The molecular weight excluding hydrogens is 278 g/mol. The summed E-state index contributed by atoms with van der Waals surface area (Å²) in [6.45, 7) is 0.323. The van der Waals surface area contributed by atoms with Gasteiger partial charge in [-0.1, -0.05) is 11.6 Å². The highest BCUT2D eigenvalue weighted by atomic mass is 35.5. The quantitative estimate of drug-likeness (QED) is 0.630. The second-order valence-electron chi connectivity index (χ2n) is 4.01. The van der Waals surface area contributed by atoms with Crippen LogP contribution >= 0.6 is 11.6 Å². The fourth-order valence-corrected chi connectivity index (χ4v) is 1.96. The van der Waals surface area contributed by atoms with Crippen LogP contribution in [-0.4, -0.2) is 40.2 Å². The number of aromatic nitrogens is 1. The summed E-state index contributed by atoms with van der Waals surface area (Å²) in [4.78, 5) is 24.7. The number of nitro groups is 1. The van der Waals surface area contributed by atoms with Crippen molar-refractivity contribution in [2.75, 3.05) is 18.5 Å². The van der Waals surface area contributed by atoms with Gasteiger partial charge in [-0.3, -0.25) is 14.9 Å². The summed E-state index contributed by atoms with van der Waals surface area (Å²) in [6, 6.07) is 0.687. The van der Waals surface area contributed by atoms with Crippen LogP contribution < -0.4 is 5.32 Å². The molecule has 102 valence electrons. The molecule has 0 saturated carbocycles. The Balaban J connectivity index is 2.15.